The minimum atomic E-state index is -0.275. The molecular formula is C7H17NO4. The standard InChI is InChI=1S/C7H17NO4/c9-2-4-12-3-1-8-7(5-10)6-11/h7-11H,1-6H2. The van der Waals surface area contributed by atoms with Gasteiger partial charge in [0.2, 0.25) is 0 Å². The van der Waals surface area contributed by atoms with Gasteiger partial charge in [-0.3, -0.25) is 0 Å². The number of nitrogens with one attached hydrogen (secondary N) is 1. The molecule has 0 amide bonds. The van der Waals surface area contributed by atoms with Gasteiger partial charge >= 0.3 is 0 Å². The average molecular weight is 179 g/mol. The summed E-state index contributed by atoms with van der Waals surface area (Å²) < 4.78 is 4.95. The van der Waals surface area contributed by atoms with Gasteiger partial charge in [0.1, 0.15) is 0 Å². The van der Waals surface area contributed by atoms with Crippen molar-refractivity contribution in [1.82, 2.24) is 5.32 Å². The predicted molar refractivity (Wildman–Crippen MR) is 43.9 cm³/mol. The summed E-state index contributed by atoms with van der Waals surface area (Å²) in [6, 6.07) is -0.275. The van der Waals surface area contributed by atoms with Crippen LogP contribution in [0.1, 0.15) is 0 Å². The molecule has 0 unspecified atom stereocenters. The first kappa shape index (κ1) is 11.8. The number of hydrogen-bond donors (Lipinski definition) is 4. The van der Waals surface area contributed by atoms with E-state index >= 15 is 0 Å². The van der Waals surface area contributed by atoms with Gasteiger partial charge in [-0.15, -0.1) is 0 Å². The van der Waals surface area contributed by atoms with Crippen molar-refractivity contribution in [2.45, 2.75) is 6.04 Å². The highest BCUT2D eigenvalue weighted by atomic mass is 16.5. The molecule has 74 valence electrons. The molecule has 0 aromatic carbocycles. The molecule has 0 aromatic rings. The molecule has 5 nitrogen and oxygen atoms in total. The van der Waals surface area contributed by atoms with Gasteiger partial charge in [-0.25, -0.2) is 0 Å². The number of aliphatic hydroxyl groups excluding tert-OH is 3. The van der Waals surface area contributed by atoms with Crippen LogP contribution < -0.4 is 5.32 Å². The van der Waals surface area contributed by atoms with Gasteiger partial charge in [0.25, 0.3) is 0 Å². The molecule has 0 spiro atoms. The second kappa shape index (κ2) is 8.89. The Morgan fingerprint density at radius 1 is 1.08 bits per heavy atom. The molecule has 0 aromatic heterocycles. The second-order valence-electron chi connectivity index (χ2n) is 2.35. The summed E-state index contributed by atoms with van der Waals surface area (Å²) in [6.07, 6.45) is 0. The monoisotopic (exact) mass is 179 g/mol. The van der Waals surface area contributed by atoms with E-state index in [0.29, 0.717) is 19.8 Å². The van der Waals surface area contributed by atoms with Crippen LogP contribution in [0.4, 0.5) is 0 Å². The van der Waals surface area contributed by atoms with Crippen LogP contribution in [0.3, 0.4) is 0 Å². The Hall–Kier alpha value is -0.200. The molecule has 0 saturated carbocycles. The van der Waals surface area contributed by atoms with Crippen molar-refractivity contribution in [3.8, 4) is 0 Å². The smallest absolute Gasteiger partial charge is 0.0698 e. The Kier molecular flexibility index (Phi) is 8.74. The zero-order valence-electron chi connectivity index (χ0n) is 7.07. The third-order valence-corrected chi connectivity index (χ3v) is 1.36. The van der Waals surface area contributed by atoms with Gasteiger partial charge in [-0.2, -0.15) is 0 Å². The van der Waals surface area contributed by atoms with Gasteiger partial charge in [-0.1, -0.05) is 0 Å². The zero-order chi connectivity index (χ0) is 9.23. The number of ether oxygens (including phenoxy) is 1. The van der Waals surface area contributed by atoms with E-state index in [-0.39, 0.29) is 25.9 Å². The highest BCUT2D eigenvalue weighted by Crippen LogP contribution is 1.79. The third-order valence-electron chi connectivity index (χ3n) is 1.36. The number of rotatable bonds is 8. The predicted octanol–water partition coefficient (Wildman–Crippen LogP) is -2.06. The summed E-state index contributed by atoms with van der Waals surface area (Å²) in [5.41, 5.74) is 0. The van der Waals surface area contributed by atoms with Crippen LogP contribution in [0.25, 0.3) is 0 Å². The van der Waals surface area contributed by atoms with Gasteiger partial charge < -0.3 is 25.4 Å². The molecule has 5 heteroatoms. The van der Waals surface area contributed by atoms with E-state index in [1.807, 2.05) is 0 Å². The first-order chi connectivity index (χ1) is 5.85. The molecule has 0 aliphatic rings. The topological polar surface area (TPSA) is 82.0 Å². The first-order valence-corrected chi connectivity index (χ1v) is 3.98. The van der Waals surface area contributed by atoms with E-state index in [4.69, 9.17) is 20.1 Å². The summed E-state index contributed by atoms with van der Waals surface area (Å²) in [5, 5.41) is 28.5. The maximum absolute atomic E-state index is 8.63. The van der Waals surface area contributed by atoms with Crippen LogP contribution in [0.2, 0.25) is 0 Å². The van der Waals surface area contributed by atoms with Crippen LogP contribution in [0.15, 0.2) is 0 Å². The fourth-order valence-corrected chi connectivity index (χ4v) is 0.689. The molecule has 0 aliphatic carbocycles. The Balaban J connectivity index is 3.06. The summed E-state index contributed by atoms with van der Waals surface area (Å²) in [5.74, 6) is 0. The zero-order valence-corrected chi connectivity index (χ0v) is 7.07. The Morgan fingerprint density at radius 2 is 1.75 bits per heavy atom. The van der Waals surface area contributed by atoms with Crippen molar-refractivity contribution in [2.24, 2.45) is 0 Å². The van der Waals surface area contributed by atoms with E-state index in [0.717, 1.165) is 0 Å². The van der Waals surface area contributed by atoms with Crippen LogP contribution in [-0.2, 0) is 4.74 Å². The van der Waals surface area contributed by atoms with E-state index in [2.05, 4.69) is 5.32 Å². The van der Waals surface area contributed by atoms with Crippen LogP contribution in [0, 0.1) is 0 Å². The fraction of sp³-hybridized carbons (Fsp3) is 1.00. The lowest BCUT2D eigenvalue weighted by Crippen LogP contribution is -2.37. The lowest BCUT2D eigenvalue weighted by molar-refractivity contribution is 0.0877. The lowest BCUT2D eigenvalue weighted by Gasteiger charge is -2.12. The van der Waals surface area contributed by atoms with Crippen molar-refractivity contribution < 1.29 is 20.1 Å². The highest BCUT2D eigenvalue weighted by molar-refractivity contribution is 4.62. The van der Waals surface area contributed by atoms with Crippen molar-refractivity contribution in [3.63, 3.8) is 0 Å². The number of aliphatic hydroxyl groups is 3. The third kappa shape index (κ3) is 6.51. The molecule has 0 rings (SSSR count). The summed E-state index contributed by atoms with van der Waals surface area (Å²) in [4.78, 5) is 0. The molecule has 4 N–H and O–H groups in total. The highest BCUT2D eigenvalue weighted by Gasteiger charge is 2.02. The van der Waals surface area contributed by atoms with Gasteiger partial charge in [-0.05, 0) is 0 Å². The summed E-state index contributed by atoms with van der Waals surface area (Å²) in [7, 11) is 0. The van der Waals surface area contributed by atoms with E-state index in [9.17, 15) is 0 Å². The molecule has 0 heterocycles. The largest absolute Gasteiger partial charge is 0.395 e. The molecule has 0 fully saturated rings. The lowest BCUT2D eigenvalue weighted by atomic mass is 10.3. The molecular weight excluding hydrogens is 162 g/mol. The van der Waals surface area contributed by atoms with Gasteiger partial charge in [0.15, 0.2) is 0 Å². The second-order valence-corrected chi connectivity index (χ2v) is 2.35. The molecule has 12 heavy (non-hydrogen) atoms. The van der Waals surface area contributed by atoms with Crippen molar-refractivity contribution in [1.29, 1.82) is 0 Å². The van der Waals surface area contributed by atoms with E-state index in [1.165, 1.54) is 0 Å². The Labute approximate surface area is 72.0 Å². The van der Waals surface area contributed by atoms with E-state index < -0.39 is 0 Å². The Bertz CT molecular complexity index is 87.5. The normalized spacial score (nSPS) is 11.0. The average Bonchev–Trinajstić information content (AvgIpc) is 2.11. The summed E-state index contributed by atoms with van der Waals surface area (Å²) >= 11 is 0. The summed E-state index contributed by atoms with van der Waals surface area (Å²) in [6.45, 7) is 1.20. The van der Waals surface area contributed by atoms with Crippen molar-refractivity contribution in [2.75, 3.05) is 39.6 Å². The molecule has 0 saturated heterocycles. The molecule has 0 atom stereocenters. The van der Waals surface area contributed by atoms with Gasteiger partial charge in [0, 0.05) is 6.54 Å². The quantitative estimate of drug-likeness (QED) is 0.322. The SMILES string of the molecule is OCCOCCNC(CO)CO. The molecule has 0 aliphatic heterocycles. The number of hydrogen-bond acceptors (Lipinski definition) is 5. The van der Waals surface area contributed by atoms with Crippen LogP contribution in [-0.4, -0.2) is 60.9 Å². The maximum Gasteiger partial charge on any atom is 0.0698 e. The van der Waals surface area contributed by atoms with Crippen molar-refractivity contribution >= 4 is 0 Å². The minimum absolute atomic E-state index is 0.0173. The molecule has 0 radical (unpaired) electrons. The van der Waals surface area contributed by atoms with Gasteiger partial charge in [0.05, 0.1) is 39.1 Å². The van der Waals surface area contributed by atoms with Crippen molar-refractivity contribution in [3.05, 3.63) is 0 Å². The van der Waals surface area contributed by atoms with E-state index in [1.54, 1.807) is 0 Å². The Morgan fingerprint density at radius 3 is 2.25 bits per heavy atom. The van der Waals surface area contributed by atoms with Crippen LogP contribution >= 0.6 is 0 Å². The maximum atomic E-state index is 8.63. The molecule has 0 bridgehead atoms. The fourth-order valence-electron chi connectivity index (χ4n) is 0.689. The minimum Gasteiger partial charge on any atom is -0.395 e. The van der Waals surface area contributed by atoms with Crippen LogP contribution in [0.5, 0.6) is 0 Å². The first-order valence-electron chi connectivity index (χ1n) is 3.98.